The summed E-state index contributed by atoms with van der Waals surface area (Å²) in [7, 11) is 0. The summed E-state index contributed by atoms with van der Waals surface area (Å²) in [4.78, 5) is 0. The summed E-state index contributed by atoms with van der Waals surface area (Å²) in [6, 6.07) is 0. The fraction of sp³-hybridized carbons (Fsp3) is 1.00. The molecule has 1 nitrogen and oxygen atoms in total. The van der Waals surface area contributed by atoms with Crippen molar-refractivity contribution in [3.63, 3.8) is 0 Å². The van der Waals surface area contributed by atoms with Crippen molar-refractivity contribution in [2.45, 2.75) is 102 Å². The maximum atomic E-state index is 6.36. The van der Waals surface area contributed by atoms with Crippen molar-refractivity contribution in [2.24, 2.45) is 0 Å². The van der Waals surface area contributed by atoms with E-state index >= 15 is 0 Å². The lowest BCUT2D eigenvalue weighted by molar-refractivity contribution is 0.187. The highest BCUT2D eigenvalue weighted by Crippen LogP contribution is 2.38. The average molecular weight is 250 g/mol. The first-order valence-corrected chi connectivity index (χ1v) is 8.55. The molecule has 0 spiro atoms. The number of rotatable bonds is 7. The standard InChI is InChI=1S/C16H31BO/c1-2-3-4-5-6-7-14-17-15-10-8-12-16(18-17)13-9-11-15/h15-16H,2-14H2,1H3. The van der Waals surface area contributed by atoms with Crippen LogP contribution in [0.3, 0.4) is 0 Å². The lowest BCUT2D eigenvalue weighted by Crippen LogP contribution is -2.25. The van der Waals surface area contributed by atoms with Gasteiger partial charge >= 0.3 is 0 Å². The second kappa shape index (κ2) is 8.25. The van der Waals surface area contributed by atoms with E-state index in [2.05, 4.69) is 6.92 Å². The van der Waals surface area contributed by atoms with Crippen molar-refractivity contribution in [1.82, 2.24) is 0 Å². The van der Waals surface area contributed by atoms with Crippen LogP contribution in [0.15, 0.2) is 0 Å². The van der Waals surface area contributed by atoms with Crippen LogP contribution in [0.2, 0.25) is 12.1 Å². The minimum atomic E-state index is 0.614. The normalized spacial score (nSPS) is 28.2. The Morgan fingerprint density at radius 3 is 2.28 bits per heavy atom. The van der Waals surface area contributed by atoms with E-state index in [1.807, 2.05) is 0 Å². The largest absolute Gasteiger partial charge is 0.433 e. The van der Waals surface area contributed by atoms with E-state index in [-0.39, 0.29) is 0 Å². The quantitative estimate of drug-likeness (QED) is 0.430. The molecule has 0 amide bonds. The van der Waals surface area contributed by atoms with Gasteiger partial charge < -0.3 is 4.65 Å². The van der Waals surface area contributed by atoms with Gasteiger partial charge in [-0.25, -0.2) is 0 Å². The molecule has 0 aromatic rings. The van der Waals surface area contributed by atoms with Crippen LogP contribution in [-0.4, -0.2) is 13.0 Å². The minimum absolute atomic E-state index is 0.614. The molecule has 0 aromatic carbocycles. The zero-order valence-electron chi connectivity index (χ0n) is 12.3. The maximum absolute atomic E-state index is 6.36. The SMILES string of the molecule is CCCCCCCCB1OC2CCCC1CCC2. The Morgan fingerprint density at radius 2 is 1.56 bits per heavy atom. The predicted molar refractivity (Wildman–Crippen MR) is 80.3 cm³/mol. The second-order valence-electron chi connectivity index (χ2n) is 6.47. The summed E-state index contributed by atoms with van der Waals surface area (Å²) in [5.74, 6) is 0.896. The van der Waals surface area contributed by atoms with Crippen molar-refractivity contribution in [1.29, 1.82) is 0 Å². The molecule has 2 saturated heterocycles. The van der Waals surface area contributed by atoms with Gasteiger partial charge in [-0.1, -0.05) is 71.1 Å². The topological polar surface area (TPSA) is 9.23 Å². The highest BCUT2D eigenvalue weighted by molar-refractivity contribution is 6.53. The van der Waals surface area contributed by atoms with Gasteiger partial charge in [0.05, 0.1) is 0 Å². The monoisotopic (exact) mass is 250 g/mol. The Morgan fingerprint density at radius 1 is 0.889 bits per heavy atom. The molecular formula is C16H31BO. The fourth-order valence-electron chi connectivity index (χ4n) is 3.80. The number of unbranched alkanes of at least 4 members (excludes halogenated alkanes) is 5. The number of hydrogen-bond acceptors (Lipinski definition) is 1. The lowest BCUT2D eigenvalue weighted by atomic mass is 9.50. The summed E-state index contributed by atoms with van der Waals surface area (Å²) < 4.78 is 6.36. The molecule has 0 radical (unpaired) electrons. The Balaban J connectivity index is 1.65. The van der Waals surface area contributed by atoms with Gasteiger partial charge in [0.15, 0.2) is 0 Å². The van der Waals surface area contributed by atoms with E-state index in [1.165, 1.54) is 83.4 Å². The average Bonchev–Trinajstić information content (AvgIpc) is 2.65. The molecular weight excluding hydrogens is 219 g/mol. The zero-order valence-corrected chi connectivity index (χ0v) is 12.3. The molecule has 0 aromatic heterocycles. The molecule has 0 aliphatic carbocycles. The summed E-state index contributed by atoms with van der Waals surface area (Å²) in [5, 5.41) is 0. The third-order valence-corrected chi connectivity index (χ3v) is 4.94. The van der Waals surface area contributed by atoms with Crippen molar-refractivity contribution in [3.8, 4) is 0 Å². The molecule has 2 aliphatic heterocycles. The lowest BCUT2D eigenvalue weighted by Gasteiger charge is -2.20. The van der Waals surface area contributed by atoms with E-state index < -0.39 is 0 Å². The summed E-state index contributed by atoms with van der Waals surface area (Å²) in [5.41, 5.74) is 0. The summed E-state index contributed by atoms with van der Waals surface area (Å²) >= 11 is 0. The molecule has 18 heavy (non-hydrogen) atoms. The van der Waals surface area contributed by atoms with Crippen LogP contribution in [-0.2, 0) is 4.65 Å². The first-order chi connectivity index (χ1) is 8.90. The Kier molecular flexibility index (Phi) is 6.61. The van der Waals surface area contributed by atoms with Crippen LogP contribution >= 0.6 is 0 Å². The number of hydrogen-bond donors (Lipinski definition) is 0. The van der Waals surface area contributed by atoms with Crippen LogP contribution < -0.4 is 0 Å². The first kappa shape index (κ1) is 14.4. The van der Waals surface area contributed by atoms with E-state index in [9.17, 15) is 0 Å². The molecule has 0 N–H and O–H groups in total. The van der Waals surface area contributed by atoms with Gasteiger partial charge in [-0.3, -0.25) is 0 Å². The van der Waals surface area contributed by atoms with Crippen molar-refractivity contribution in [3.05, 3.63) is 0 Å². The molecule has 0 saturated carbocycles. The van der Waals surface area contributed by atoms with Gasteiger partial charge in [0.25, 0.3) is 6.92 Å². The van der Waals surface area contributed by atoms with Crippen molar-refractivity contribution >= 4 is 6.92 Å². The Bertz CT molecular complexity index is 209. The zero-order chi connectivity index (χ0) is 12.6. The van der Waals surface area contributed by atoms with Gasteiger partial charge in [-0.15, -0.1) is 0 Å². The molecule has 104 valence electrons. The number of fused-ring (bicyclic) bond motifs is 3. The van der Waals surface area contributed by atoms with Gasteiger partial charge in [-0.05, 0) is 25.0 Å². The van der Waals surface area contributed by atoms with Crippen LogP contribution in [0, 0.1) is 0 Å². The molecule has 2 bridgehead atoms. The fourth-order valence-corrected chi connectivity index (χ4v) is 3.80. The van der Waals surface area contributed by atoms with E-state index in [4.69, 9.17) is 4.65 Å². The van der Waals surface area contributed by atoms with Gasteiger partial charge in [0, 0.05) is 6.10 Å². The third kappa shape index (κ3) is 4.61. The third-order valence-electron chi connectivity index (χ3n) is 4.94. The van der Waals surface area contributed by atoms with Gasteiger partial charge in [0.1, 0.15) is 0 Å². The Hall–Kier alpha value is 0.0249. The molecule has 2 fully saturated rings. The van der Waals surface area contributed by atoms with E-state index in [1.54, 1.807) is 0 Å². The molecule has 0 unspecified atom stereocenters. The van der Waals surface area contributed by atoms with Crippen molar-refractivity contribution < 1.29 is 4.65 Å². The van der Waals surface area contributed by atoms with E-state index in [0.29, 0.717) is 13.0 Å². The smallest absolute Gasteiger partial charge is 0.296 e. The van der Waals surface area contributed by atoms with Gasteiger partial charge in [-0.2, -0.15) is 0 Å². The maximum Gasteiger partial charge on any atom is 0.296 e. The predicted octanol–water partition coefficient (Wildman–Crippen LogP) is 5.46. The molecule has 2 rings (SSSR count). The van der Waals surface area contributed by atoms with Gasteiger partial charge in [0.2, 0.25) is 0 Å². The molecule has 2 aliphatic rings. The second-order valence-corrected chi connectivity index (χ2v) is 6.47. The Labute approximate surface area is 114 Å². The summed E-state index contributed by atoms with van der Waals surface area (Å²) in [6.07, 6.45) is 18.8. The van der Waals surface area contributed by atoms with Crippen LogP contribution in [0.1, 0.15) is 84.0 Å². The molecule has 0 atom stereocenters. The molecule has 2 heterocycles. The van der Waals surface area contributed by atoms with Crippen LogP contribution in [0.25, 0.3) is 0 Å². The van der Waals surface area contributed by atoms with Crippen LogP contribution in [0.5, 0.6) is 0 Å². The highest BCUT2D eigenvalue weighted by atomic mass is 16.4. The molecule has 2 heteroatoms. The minimum Gasteiger partial charge on any atom is -0.433 e. The van der Waals surface area contributed by atoms with Crippen molar-refractivity contribution in [2.75, 3.05) is 0 Å². The first-order valence-electron chi connectivity index (χ1n) is 8.55. The van der Waals surface area contributed by atoms with Crippen LogP contribution in [0.4, 0.5) is 0 Å². The van der Waals surface area contributed by atoms with E-state index in [0.717, 1.165) is 5.82 Å². The summed E-state index contributed by atoms with van der Waals surface area (Å²) in [6.45, 7) is 2.91. The highest BCUT2D eigenvalue weighted by Gasteiger charge is 2.34.